The summed E-state index contributed by atoms with van der Waals surface area (Å²) >= 11 is 3.40. The summed E-state index contributed by atoms with van der Waals surface area (Å²) in [6.45, 7) is 7.99. The number of para-hydroxylation sites is 1. The van der Waals surface area contributed by atoms with Crippen LogP contribution in [0.3, 0.4) is 0 Å². The minimum absolute atomic E-state index is 0.152. The average Bonchev–Trinajstić information content (AvgIpc) is 2.48. The highest BCUT2D eigenvalue weighted by Gasteiger charge is 2.18. The van der Waals surface area contributed by atoms with E-state index in [4.69, 9.17) is 4.74 Å². The van der Waals surface area contributed by atoms with Gasteiger partial charge < -0.3 is 10.1 Å². The molecule has 0 heterocycles. The van der Waals surface area contributed by atoms with E-state index >= 15 is 0 Å². The Morgan fingerprint density at radius 3 is 2.48 bits per heavy atom. The van der Waals surface area contributed by atoms with Crippen LogP contribution in [-0.2, 0) is 4.79 Å². The summed E-state index contributed by atoms with van der Waals surface area (Å²) in [5, 5.41) is 3.02. The topological polar surface area (TPSA) is 38.3 Å². The highest BCUT2D eigenvalue weighted by atomic mass is 79.9. The van der Waals surface area contributed by atoms with Gasteiger partial charge >= 0.3 is 0 Å². The first-order valence-electron chi connectivity index (χ1n) is 7.71. The molecule has 0 spiro atoms. The van der Waals surface area contributed by atoms with Crippen molar-refractivity contribution >= 4 is 27.5 Å². The molecule has 1 amide bonds. The van der Waals surface area contributed by atoms with E-state index in [0.29, 0.717) is 11.7 Å². The molecule has 1 N–H and O–H groups in total. The first-order chi connectivity index (χ1) is 10.9. The third-order valence-electron chi connectivity index (χ3n) is 3.65. The fourth-order valence-corrected chi connectivity index (χ4v) is 2.74. The molecule has 2 aromatic rings. The highest BCUT2D eigenvalue weighted by Crippen LogP contribution is 2.28. The van der Waals surface area contributed by atoms with Crippen LogP contribution in [0.1, 0.15) is 37.8 Å². The van der Waals surface area contributed by atoms with Gasteiger partial charge in [0.1, 0.15) is 5.75 Å². The molecule has 3 nitrogen and oxygen atoms in total. The number of halogens is 1. The number of benzene rings is 2. The van der Waals surface area contributed by atoms with Crippen LogP contribution in [0.5, 0.6) is 5.75 Å². The van der Waals surface area contributed by atoms with Gasteiger partial charge in [0, 0.05) is 10.2 Å². The Morgan fingerprint density at radius 1 is 1.13 bits per heavy atom. The molecule has 0 saturated carbocycles. The maximum Gasteiger partial charge on any atom is 0.265 e. The lowest BCUT2D eigenvalue weighted by molar-refractivity contribution is -0.122. The summed E-state index contributed by atoms with van der Waals surface area (Å²) in [5.41, 5.74) is 3.07. The molecule has 0 unspecified atom stereocenters. The second-order valence-corrected chi connectivity index (χ2v) is 6.82. The maximum absolute atomic E-state index is 12.5. The second kappa shape index (κ2) is 7.64. The minimum Gasteiger partial charge on any atom is -0.481 e. The number of anilines is 1. The van der Waals surface area contributed by atoms with Crippen molar-refractivity contribution in [2.24, 2.45) is 0 Å². The molecule has 1 atom stereocenters. The molecule has 0 radical (unpaired) electrons. The summed E-state index contributed by atoms with van der Waals surface area (Å²) in [4.78, 5) is 12.5. The SMILES string of the molecule is Cc1cccc(C(C)C)c1NC(=O)[C@@H](C)Oc1cccc(Br)c1. The molecule has 2 rings (SSSR count). The number of carbonyl (C=O) groups excluding carboxylic acids is 1. The van der Waals surface area contributed by atoms with E-state index in [2.05, 4.69) is 35.1 Å². The van der Waals surface area contributed by atoms with Gasteiger partial charge in [-0.05, 0) is 49.1 Å². The predicted molar refractivity (Wildman–Crippen MR) is 98.1 cm³/mol. The lowest BCUT2D eigenvalue weighted by Crippen LogP contribution is -2.30. The van der Waals surface area contributed by atoms with Crippen LogP contribution in [0.25, 0.3) is 0 Å². The zero-order valence-electron chi connectivity index (χ0n) is 13.9. The normalized spacial score (nSPS) is 12.1. The Morgan fingerprint density at radius 2 is 1.83 bits per heavy atom. The number of rotatable bonds is 5. The Hall–Kier alpha value is -1.81. The van der Waals surface area contributed by atoms with Crippen molar-refractivity contribution in [3.63, 3.8) is 0 Å². The lowest BCUT2D eigenvalue weighted by atomic mass is 9.98. The molecule has 0 aliphatic rings. The molecule has 0 bridgehead atoms. The largest absolute Gasteiger partial charge is 0.481 e. The minimum atomic E-state index is -0.580. The van der Waals surface area contributed by atoms with Crippen LogP contribution >= 0.6 is 15.9 Å². The Balaban J connectivity index is 2.13. The maximum atomic E-state index is 12.5. The molecular weight excluding hydrogens is 354 g/mol. The summed E-state index contributed by atoms with van der Waals surface area (Å²) in [6, 6.07) is 13.5. The van der Waals surface area contributed by atoms with E-state index in [-0.39, 0.29) is 5.91 Å². The van der Waals surface area contributed by atoms with Gasteiger partial charge in [-0.3, -0.25) is 4.79 Å². The Kier molecular flexibility index (Phi) is 5.83. The van der Waals surface area contributed by atoms with Gasteiger partial charge in [0.2, 0.25) is 0 Å². The molecule has 0 aliphatic heterocycles. The summed E-state index contributed by atoms with van der Waals surface area (Å²) in [5.74, 6) is 0.851. The highest BCUT2D eigenvalue weighted by molar-refractivity contribution is 9.10. The molecule has 122 valence electrons. The Bertz CT molecular complexity index is 698. The number of hydrogen-bond acceptors (Lipinski definition) is 2. The van der Waals surface area contributed by atoms with Gasteiger partial charge in [-0.2, -0.15) is 0 Å². The van der Waals surface area contributed by atoms with Gasteiger partial charge in [0.25, 0.3) is 5.91 Å². The van der Waals surface area contributed by atoms with Crippen LogP contribution in [0.4, 0.5) is 5.69 Å². The third kappa shape index (κ3) is 4.58. The average molecular weight is 376 g/mol. The molecule has 0 aliphatic carbocycles. The smallest absolute Gasteiger partial charge is 0.265 e. The van der Waals surface area contributed by atoms with E-state index < -0.39 is 6.10 Å². The molecule has 0 fully saturated rings. The predicted octanol–water partition coefficient (Wildman–Crippen LogP) is 5.29. The van der Waals surface area contributed by atoms with Gasteiger partial charge in [-0.25, -0.2) is 0 Å². The van der Waals surface area contributed by atoms with Gasteiger partial charge in [-0.15, -0.1) is 0 Å². The van der Waals surface area contributed by atoms with Crippen molar-refractivity contribution in [2.75, 3.05) is 5.32 Å². The van der Waals surface area contributed by atoms with Crippen LogP contribution in [-0.4, -0.2) is 12.0 Å². The number of aryl methyl sites for hydroxylation is 1. The molecular formula is C19H22BrNO2. The van der Waals surface area contributed by atoms with Crippen molar-refractivity contribution in [2.45, 2.75) is 39.7 Å². The van der Waals surface area contributed by atoms with Crippen molar-refractivity contribution in [1.82, 2.24) is 0 Å². The quantitative estimate of drug-likeness (QED) is 0.770. The number of ether oxygens (including phenoxy) is 1. The lowest BCUT2D eigenvalue weighted by Gasteiger charge is -2.19. The molecule has 0 aromatic heterocycles. The molecule has 23 heavy (non-hydrogen) atoms. The fraction of sp³-hybridized carbons (Fsp3) is 0.316. The Labute approximate surface area is 146 Å². The number of nitrogens with one attached hydrogen (secondary N) is 1. The summed E-state index contributed by atoms with van der Waals surface area (Å²) in [6.07, 6.45) is -0.580. The first kappa shape index (κ1) is 17.5. The van der Waals surface area contributed by atoms with E-state index in [1.807, 2.05) is 49.4 Å². The van der Waals surface area contributed by atoms with E-state index in [0.717, 1.165) is 21.3 Å². The molecule has 2 aromatic carbocycles. The number of carbonyl (C=O) groups is 1. The van der Waals surface area contributed by atoms with Crippen molar-refractivity contribution in [3.8, 4) is 5.75 Å². The van der Waals surface area contributed by atoms with Crippen LogP contribution in [0, 0.1) is 6.92 Å². The standard InChI is InChI=1S/C19H22BrNO2/c1-12(2)17-10-5-7-13(3)18(17)21-19(22)14(4)23-16-9-6-8-15(20)11-16/h5-12,14H,1-4H3,(H,21,22)/t14-/m1/s1. The molecule has 0 saturated heterocycles. The third-order valence-corrected chi connectivity index (χ3v) is 4.15. The van der Waals surface area contributed by atoms with Gasteiger partial charge in [0.05, 0.1) is 0 Å². The van der Waals surface area contributed by atoms with E-state index in [1.165, 1.54) is 0 Å². The van der Waals surface area contributed by atoms with Crippen LogP contribution < -0.4 is 10.1 Å². The van der Waals surface area contributed by atoms with Gasteiger partial charge in [-0.1, -0.05) is 54.0 Å². The monoisotopic (exact) mass is 375 g/mol. The van der Waals surface area contributed by atoms with E-state index in [1.54, 1.807) is 6.92 Å². The van der Waals surface area contributed by atoms with Crippen LogP contribution in [0.2, 0.25) is 0 Å². The number of amides is 1. The summed E-state index contributed by atoms with van der Waals surface area (Å²) < 4.78 is 6.65. The fourth-order valence-electron chi connectivity index (χ4n) is 2.37. The second-order valence-electron chi connectivity index (χ2n) is 5.90. The van der Waals surface area contributed by atoms with Crippen molar-refractivity contribution < 1.29 is 9.53 Å². The van der Waals surface area contributed by atoms with Crippen molar-refractivity contribution in [1.29, 1.82) is 0 Å². The zero-order valence-corrected chi connectivity index (χ0v) is 15.5. The van der Waals surface area contributed by atoms with Crippen LogP contribution in [0.15, 0.2) is 46.9 Å². The van der Waals surface area contributed by atoms with E-state index in [9.17, 15) is 4.79 Å². The van der Waals surface area contributed by atoms with Crippen molar-refractivity contribution in [3.05, 3.63) is 58.1 Å². The molecule has 4 heteroatoms. The zero-order chi connectivity index (χ0) is 17.0. The van der Waals surface area contributed by atoms with Gasteiger partial charge in [0.15, 0.2) is 6.10 Å². The first-order valence-corrected chi connectivity index (χ1v) is 8.50. The number of hydrogen-bond donors (Lipinski definition) is 1. The summed E-state index contributed by atoms with van der Waals surface area (Å²) in [7, 11) is 0.